The van der Waals surface area contributed by atoms with Crippen molar-refractivity contribution in [2.75, 3.05) is 32.7 Å². The van der Waals surface area contributed by atoms with Crippen LogP contribution in [0.4, 0.5) is 0 Å². The van der Waals surface area contributed by atoms with E-state index in [0.717, 1.165) is 37.3 Å². The molecule has 1 fully saturated rings. The van der Waals surface area contributed by atoms with E-state index < -0.39 is 0 Å². The predicted molar refractivity (Wildman–Crippen MR) is 98.6 cm³/mol. The van der Waals surface area contributed by atoms with Gasteiger partial charge < -0.3 is 10.2 Å². The highest BCUT2D eigenvalue weighted by atomic mass is 15.1. The first-order valence-electron chi connectivity index (χ1n) is 9.46. The van der Waals surface area contributed by atoms with Crippen molar-refractivity contribution in [1.29, 1.82) is 0 Å². The normalized spacial score (nSPS) is 20.3. The first-order chi connectivity index (χ1) is 11.1. The molecule has 0 saturated carbocycles. The third kappa shape index (κ3) is 7.45. The van der Waals surface area contributed by atoms with Gasteiger partial charge in [0.25, 0.3) is 0 Å². The highest BCUT2D eigenvalue weighted by molar-refractivity contribution is 5.03. The van der Waals surface area contributed by atoms with Crippen LogP contribution in [0.2, 0.25) is 0 Å². The van der Waals surface area contributed by atoms with Crippen molar-refractivity contribution < 1.29 is 0 Å². The minimum absolute atomic E-state index is 0.772. The summed E-state index contributed by atoms with van der Waals surface area (Å²) in [5, 5.41) is 3.61. The number of hydrogen-bond donors (Lipinski definition) is 1. The molecule has 2 atom stereocenters. The zero-order valence-corrected chi connectivity index (χ0v) is 15.3. The number of likely N-dealkylation sites (tertiary alicyclic amines) is 1. The van der Waals surface area contributed by atoms with E-state index in [0.29, 0.717) is 0 Å². The summed E-state index contributed by atoms with van der Waals surface area (Å²) in [7, 11) is 0. The van der Waals surface area contributed by atoms with Gasteiger partial charge in [0.05, 0.1) is 0 Å². The van der Waals surface area contributed by atoms with Crippen molar-refractivity contribution in [3.05, 3.63) is 30.1 Å². The lowest BCUT2D eigenvalue weighted by Crippen LogP contribution is -2.26. The zero-order valence-electron chi connectivity index (χ0n) is 15.3. The molecule has 3 heteroatoms. The molecule has 0 amide bonds. The Labute approximate surface area is 142 Å². The molecule has 0 radical (unpaired) electrons. The molecular formula is C20H35N3. The Morgan fingerprint density at radius 2 is 2.17 bits per heavy atom. The van der Waals surface area contributed by atoms with Gasteiger partial charge in [-0.15, -0.1) is 0 Å². The van der Waals surface area contributed by atoms with Gasteiger partial charge in [-0.1, -0.05) is 26.8 Å². The fourth-order valence-corrected chi connectivity index (χ4v) is 3.51. The minimum atomic E-state index is 0.772. The van der Waals surface area contributed by atoms with Gasteiger partial charge in [0.2, 0.25) is 0 Å². The van der Waals surface area contributed by atoms with Crippen LogP contribution in [0.3, 0.4) is 0 Å². The zero-order chi connectivity index (χ0) is 16.5. The van der Waals surface area contributed by atoms with Crippen LogP contribution in [-0.4, -0.2) is 42.6 Å². The minimum Gasteiger partial charge on any atom is -0.316 e. The maximum Gasteiger partial charge on any atom is 0.0416 e. The third-order valence-corrected chi connectivity index (χ3v) is 4.91. The van der Waals surface area contributed by atoms with Crippen LogP contribution >= 0.6 is 0 Å². The number of nitrogens with zero attached hydrogens (tertiary/aromatic N) is 2. The van der Waals surface area contributed by atoms with Crippen molar-refractivity contribution in [2.45, 2.75) is 46.5 Å². The molecule has 1 N–H and O–H groups in total. The van der Waals surface area contributed by atoms with E-state index in [1.165, 1.54) is 44.6 Å². The second-order valence-electron chi connectivity index (χ2n) is 7.75. The third-order valence-electron chi connectivity index (χ3n) is 4.91. The van der Waals surface area contributed by atoms with Crippen molar-refractivity contribution >= 4 is 0 Å². The Morgan fingerprint density at radius 3 is 2.91 bits per heavy atom. The summed E-state index contributed by atoms with van der Waals surface area (Å²) in [6, 6.07) is 6.15. The summed E-state index contributed by atoms with van der Waals surface area (Å²) >= 11 is 0. The lowest BCUT2D eigenvalue weighted by Gasteiger charge is -2.19. The van der Waals surface area contributed by atoms with Crippen LogP contribution in [0.15, 0.2) is 24.4 Å². The predicted octanol–water partition coefficient (Wildman–Crippen LogP) is 3.61. The Hall–Kier alpha value is -0.930. The standard InChI is InChI=1S/C20H35N3/c1-17(2)8-12-23-13-9-19(16-23)14-18(3)15-21-11-7-20-6-4-5-10-22-20/h4-6,10,17-19,21H,7-9,11-16H2,1-3H3/t18-,19?/m0/s1. The molecule has 0 bridgehead atoms. The summed E-state index contributed by atoms with van der Waals surface area (Å²) in [6.07, 6.45) is 7.02. The topological polar surface area (TPSA) is 28.2 Å². The SMILES string of the molecule is CC(C)CCN1CCC(C[C@H](C)CNCCc2ccccn2)C1. The van der Waals surface area contributed by atoms with Crippen molar-refractivity contribution in [1.82, 2.24) is 15.2 Å². The number of rotatable bonds is 10. The van der Waals surface area contributed by atoms with Crippen LogP contribution in [0.5, 0.6) is 0 Å². The molecule has 1 unspecified atom stereocenters. The second kappa shape index (κ2) is 10.0. The molecule has 1 aromatic heterocycles. The largest absolute Gasteiger partial charge is 0.316 e. The van der Waals surface area contributed by atoms with Gasteiger partial charge in [-0.2, -0.15) is 0 Å². The summed E-state index contributed by atoms with van der Waals surface area (Å²) in [5.74, 6) is 2.51. The highest BCUT2D eigenvalue weighted by Gasteiger charge is 2.23. The number of nitrogens with one attached hydrogen (secondary N) is 1. The molecule has 130 valence electrons. The molecule has 1 aromatic rings. The summed E-state index contributed by atoms with van der Waals surface area (Å²) in [6.45, 7) is 13.2. The molecule has 23 heavy (non-hydrogen) atoms. The molecule has 3 nitrogen and oxygen atoms in total. The molecule has 2 rings (SSSR count). The maximum atomic E-state index is 4.37. The summed E-state index contributed by atoms with van der Waals surface area (Å²) in [4.78, 5) is 7.04. The summed E-state index contributed by atoms with van der Waals surface area (Å²) < 4.78 is 0. The summed E-state index contributed by atoms with van der Waals surface area (Å²) in [5.41, 5.74) is 1.18. The monoisotopic (exact) mass is 317 g/mol. The lowest BCUT2D eigenvalue weighted by molar-refractivity contribution is 0.290. The quantitative estimate of drug-likeness (QED) is 0.668. The van der Waals surface area contributed by atoms with Gasteiger partial charge in [-0.3, -0.25) is 4.98 Å². The van der Waals surface area contributed by atoms with Crippen LogP contribution < -0.4 is 5.32 Å². The Bertz CT molecular complexity index is 418. The average molecular weight is 318 g/mol. The highest BCUT2D eigenvalue weighted by Crippen LogP contribution is 2.23. The van der Waals surface area contributed by atoms with Crippen molar-refractivity contribution in [3.8, 4) is 0 Å². The van der Waals surface area contributed by atoms with Gasteiger partial charge in [0.15, 0.2) is 0 Å². The second-order valence-corrected chi connectivity index (χ2v) is 7.75. The van der Waals surface area contributed by atoms with Gasteiger partial charge in [-0.05, 0) is 68.8 Å². The number of aromatic nitrogens is 1. The van der Waals surface area contributed by atoms with Gasteiger partial charge in [-0.25, -0.2) is 0 Å². The Kier molecular flexibility index (Phi) is 8.04. The molecule has 0 spiro atoms. The van der Waals surface area contributed by atoms with Gasteiger partial charge in [0.1, 0.15) is 0 Å². The first kappa shape index (κ1) is 18.4. The molecule has 2 heterocycles. The van der Waals surface area contributed by atoms with E-state index in [2.05, 4.69) is 48.1 Å². The fourth-order valence-electron chi connectivity index (χ4n) is 3.51. The molecular weight excluding hydrogens is 282 g/mol. The molecule has 0 aliphatic carbocycles. The maximum absolute atomic E-state index is 4.37. The van der Waals surface area contributed by atoms with Crippen LogP contribution in [0.25, 0.3) is 0 Å². The number of pyridine rings is 1. The van der Waals surface area contributed by atoms with E-state index in [4.69, 9.17) is 0 Å². The van der Waals surface area contributed by atoms with E-state index in [1.54, 1.807) is 0 Å². The van der Waals surface area contributed by atoms with Crippen LogP contribution in [0, 0.1) is 17.8 Å². The molecule has 1 saturated heterocycles. The molecule has 1 aliphatic rings. The van der Waals surface area contributed by atoms with Gasteiger partial charge in [0, 0.05) is 31.4 Å². The smallest absolute Gasteiger partial charge is 0.0416 e. The van der Waals surface area contributed by atoms with Crippen LogP contribution in [-0.2, 0) is 6.42 Å². The van der Waals surface area contributed by atoms with Crippen molar-refractivity contribution in [2.24, 2.45) is 17.8 Å². The lowest BCUT2D eigenvalue weighted by atomic mass is 9.95. The van der Waals surface area contributed by atoms with Crippen LogP contribution in [0.1, 0.15) is 45.7 Å². The number of hydrogen-bond acceptors (Lipinski definition) is 3. The average Bonchev–Trinajstić information content (AvgIpc) is 2.98. The molecule has 1 aliphatic heterocycles. The first-order valence-corrected chi connectivity index (χ1v) is 9.46. The Morgan fingerprint density at radius 1 is 1.30 bits per heavy atom. The Balaban J connectivity index is 1.54. The molecule has 0 aromatic carbocycles. The van der Waals surface area contributed by atoms with Crippen molar-refractivity contribution in [3.63, 3.8) is 0 Å². The van der Waals surface area contributed by atoms with Gasteiger partial charge >= 0.3 is 0 Å². The van der Waals surface area contributed by atoms with E-state index >= 15 is 0 Å². The van der Waals surface area contributed by atoms with E-state index in [1.807, 2.05) is 12.3 Å². The van der Waals surface area contributed by atoms with E-state index in [9.17, 15) is 0 Å². The van der Waals surface area contributed by atoms with E-state index in [-0.39, 0.29) is 0 Å². The fraction of sp³-hybridized carbons (Fsp3) is 0.750.